The van der Waals surface area contributed by atoms with Gasteiger partial charge in [0.05, 0.1) is 4.90 Å². The Bertz CT molecular complexity index is 527. The van der Waals surface area contributed by atoms with E-state index in [0.717, 1.165) is 30.1 Å². The molecule has 1 unspecified atom stereocenters. The van der Waals surface area contributed by atoms with Crippen molar-refractivity contribution in [1.82, 2.24) is 9.62 Å². The highest BCUT2D eigenvalue weighted by Crippen LogP contribution is 2.27. The van der Waals surface area contributed by atoms with Gasteiger partial charge in [0.15, 0.2) is 0 Å². The number of sulfonamides is 1. The van der Waals surface area contributed by atoms with Crippen LogP contribution in [0.5, 0.6) is 0 Å². The van der Waals surface area contributed by atoms with Crippen molar-refractivity contribution in [3.05, 3.63) is 16.3 Å². The van der Waals surface area contributed by atoms with Crippen LogP contribution in [0.3, 0.4) is 0 Å². The molecule has 0 spiro atoms. The fourth-order valence-corrected chi connectivity index (χ4v) is 6.12. The average Bonchev–Trinajstić information content (AvgIpc) is 2.88. The van der Waals surface area contributed by atoms with Crippen LogP contribution in [0.25, 0.3) is 0 Å². The minimum Gasteiger partial charge on any atom is -0.312 e. The minimum absolute atomic E-state index is 0.378. The van der Waals surface area contributed by atoms with E-state index in [1.807, 2.05) is 17.8 Å². The zero-order valence-corrected chi connectivity index (χ0v) is 14.4. The van der Waals surface area contributed by atoms with Crippen molar-refractivity contribution in [2.75, 3.05) is 25.4 Å². The lowest BCUT2D eigenvalue weighted by Crippen LogP contribution is -2.40. The molecule has 1 aliphatic heterocycles. The van der Waals surface area contributed by atoms with Crippen molar-refractivity contribution in [2.24, 2.45) is 0 Å². The molecule has 0 saturated carbocycles. The number of nitrogens with one attached hydrogen (secondary N) is 1. The third kappa shape index (κ3) is 3.98. The van der Waals surface area contributed by atoms with Gasteiger partial charge in [0.25, 0.3) is 0 Å². The number of hydrogen-bond acceptors (Lipinski definition) is 5. The second-order valence-electron chi connectivity index (χ2n) is 4.97. The first kappa shape index (κ1) is 16.3. The summed E-state index contributed by atoms with van der Waals surface area (Å²) in [7, 11) is -3.30. The van der Waals surface area contributed by atoms with Gasteiger partial charge in [-0.05, 0) is 19.0 Å². The molecule has 0 aliphatic carbocycles. The van der Waals surface area contributed by atoms with Gasteiger partial charge < -0.3 is 5.32 Å². The molecule has 0 radical (unpaired) electrons. The quantitative estimate of drug-likeness (QED) is 0.812. The Balaban J connectivity index is 2.05. The second kappa shape index (κ2) is 7.26. The first-order valence-electron chi connectivity index (χ1n) is 6.94. The molecule has 1 aliphatic rings. The van der Waals surface area contributed by atoms with E-state index in [1.165, 1.54) is 11.3 Å². The lowest BCUT2D eigenvalue weighted by atomic mass is 10.4. The summed E-state index contributed by atoms with van der Waals surface area (Å²) >= 11 is 3.36. The molecular formula is C13H22N2O2S3. The van der Waals surface area contributed by atoms with E-state index in [1.54, 1.807) is 9.69 Å². The summed E-state index contributed by atoms with van der Waals surface area (Å²) < 4.78 is 26.8. The molecule has 7 heteroatoms. The van der Waals surface area contributed by atoms with Crippen molar-refractivity contribution in [3.8, 4) is 0 Å². The van der Waals surface area contributed by atoms with Crippen molar-refractivity contribution < 1.29 is 8.42 Å². The van der Waals surface area contributed by atoms with Crippen LogP contribution in [0.15, 0.2) is 16.3 Å². The number of thiophene rings is 1. The first-order valence-corrected chi connectivity index (χ1v) is 10.3. The molecule has 20 heavy (non-hydrogen) atoms. The molecule has 0 bridgehead atoms. The van der Waals surface area contributed by atoms with Crippen LogP contribution in [0, 0.1) is 0 Å². The van der Waals surface area contributed by atoms with Gasteiger partial charge in [0, 0.05) is 40.9 Å². The third-order valence-corrected chi connectivity index (χ3v) is 7.26. The van der Waals surface area contributed by atoms with Crippen LogP contribution in [0.2, 0.25) is 0 Å². The SMILES string of the molecule is CCCNCc1cc(S(=O)(=O)N2CCSC(C)C2)cs1. The van der Waals surface area contributed by atoms with E-state index in [9.17, 15) is 8.42 Å². The normalized spacial score (nSPS) is 21.2. The van der Waals surface area contributed by atoms with Crippen LogP contribution < -0.4 is 5.32 Å². The largest absolute Gasteiger partial charge is 0.312 e. The minimum atomic E-state index is -3.30. The van der Waals surface area contributed by atoms with E-state index in [4.69, 9.17) is 0 Å². The highest BCUT2D eigenvalue weighted by Gasteiger charge is 2.29. The van der Waals surface area contributed by atoms with Crippen molar-refractivity contribution >= 4 is 33.1 Å². The Hall–Kier alpha value is -0.0800. The van der Waals surface area contributed by atoms with Gasteiger partial charge in [0.2, 0.25) is 10.0 Å². The van der Waals surface area contributed by atoms with Crippen LogP contribution >= 0.6 is 23.1 Å². The standard InChI is InChI=1S/C13H22N2O2S3/c1-3-4-14-8-12-7-13(10-19-12)20(16,17)15-5-6-18-11(2)9-15/h7,10-11,14H,3-6,8-9H2,1-2H3. The highest BCUT2D eigenvalue weighted by atomic mass is 32.2. The molecule has 2 heterocycles. The lowest BCUT2D eigenvalue weighted by molar-refractivity contribution is 0.424. The van der Waals surface area contributed by atoms with Gasteiger partial charge in [0.1, 0.15) is 0 Å². The molecule has 1 fully saturated rings. The van der Waals surface area contributed by atoms with Crippen LogP contribution in [-0.2, 0) is 16.6 Å². The summed E-state index contributed by atoms with van der Waals surface area (Å²) in [5.74, 6) is 0.884. The van der Waals surface area contributed by atoms with E-state index < -0.39 is 10.0 Å². The number of nitrogens with zero attached hydrogens (tertiary/aromatic N) is 1. The number of thioether (sulfide) groups is 1. The molecule has 2 rings (SSSR count). The van der Waals surface area contributed by atoms with E-state index in [0.29, 0.717) is 23.2 Å². The Morgan fingerprint density at radius 2 is 2.30 bits per heavy atom. The molecule has 1 N–H and O–H groups in total. The van der Waals surface area contributed by atoms with Crippen LogP contribution in [0.4, 0.5) is 0 Å². The van der Waals surface area contributed by atoms with Crippen molar-refractivity contribution in [3.63, 3.8) is 0 Å². The molecule has 0 aromatic carbocycles. The zero-order valence-electron chi connectivity index (χ0n) is 12.0. The smallest absolute Gasteiger partial charge is 0.243 e. The van der Waals surface area contributed by atoms with Crippen LogP contribution in [0.1, 0.15) is 25.1 Å². The Morgan fingerprint density at radius 1 is 1.50 bits per heavy atom. The number of rotatable bonds is 6. The molecule has 1 saturated heterocycles. The van der Waals surface area contributed by atoms with Crippen LogP contribution in [-0.4, -0.2) is 43.4 Å². The number of hydrogen-bond donors (Lipinski definition) is 1. The molecule has 1 aromatic rings. The molecular weight excluding hydrogens is 312 g/mol. The van der Waals surface area contributed by atoms with E-state index >= 15 is 0 Å². The van der Waals surface area contributed by atoms with Crippen molar-refractivity contribution in [1.29, 1.82) is 0 Å². The van der Waals surface area contributed by atoms with E-state index in [-0.39, 0.29) is 0 Å². The first-order chi connectivity index (χ1) is 9.54. The highest BCUT2D eigenvalue weighted by molar-refractivity contribution is 8.00. The van der Waals surface area contributed by atoms with Crippen molar-refractivity contribution in [2.45, 2.75) is 37.0 Å². The fourth-order valence-electron chi connectivity index (χ4n) is 2.13. The molecule has 1 aromatic heterocycles. The van der Waals surface area contributed by atoms with Gasteiger partial charge in [-0.15, -0.1) is 11.3 Å². The average molecular weight is 335 g/mol. The summed E-state index contributed by atoms with van der Waals surface area (Å²) in [5.41, 5.74) is 0. The second-order valence-corrected chi connectivity index (χ2v) is 9.45. The predicted octanol–water partition coefficient (Wildman–Crippen LogP) is 2.37. The monoisotopic (exact) mass is 334 g/mol. The third-order valence-electron chi connectivity index (χ3n) is 3.20. The Labute approximate surface area is 130 Å². The summed E-state index contributed by atoms with van der Waals surface area (Å²) in [4.78, 5) is 1.53. The zero-order chi connectivity index (χ0) is 14.6. The van der Waals surface area contributed by atoms with Gasteiger partial charge in [-0.25, -0.2) is 8.42 Å². The molecule has 4 nitrogen and oxygen atoms in total. The maximum atomic E-state index is 12.6. The van der Waals surface area contributed by atoms with Gasteiger partial charge in [-0.3, -0.25) is 0 Å². The molecule has 1 atom stereocenters. The summed E-state index contributed by atoms with van der Waals surface area (Å²) in [5, 5.41) is 5.45. The van der Waals surface area contributed by atoms with E-state index in [2.05, 4.69) is 19.2 Å². The summed E-state index contributed by atoms with van der Waals surface area (Å²) in [6.07, 6.45) is 1.08. The Morgan fingerprint density at radius 3 is 3.00 bits per heavy atom. The predicted molar refractivity (Wildman–Crippen MR) is 87.0 cm³/mol. The fraction of sp³-hybridized carbons (Fsp3) is 0.692. The summed E-state index contributed by atoms with van der Waals surface area (Å²) in [6, 6.07) is 1.81. The maximum absolute atomic E-state index is 12.6. The van der Waals surface area contributed by atoms with Gasteiger partial charge in [-0.1, -0.05) is 13.8 Å². The molecule has 0 amide bonds. The van der Waals surface area contributed by atoms with Gasteiger partial charge in [-0.2, -0.15) is 16.1 Å². The maximum Gasteiger partial charge on any atom is 0.243 e. The Kier molecular flexibility index (Phi) is 5.92. The lowest BCUT2D eigenvalue weighted by Gasteiger charge is -2.29. The van der Waals surface area contributed by atoms with Gasteiger partial charge >= 0.3 is 0 Å². The topological polar surface area (TPSA) is 49.4 Å². The summed E-state index contributed by atoms with van der Waals surface area (Å²) in [6.45, 7) is 7.15. The molecule has 114 valence electrons.